The second-order valence-electron chi connectivity index (χ2n) is 9.22. The van der Waals surface area contributed by atoms with Crippen molar-refractivity contribution >= 4 is 11.7 Å². The molecule has 0 N–H and O–H groups in total. The van der Waals surface area contributed by atoms with Crippen molar-refractivity contribution in [3.63, 3.8) is 0 Å². The van der Waals surface area contributed by atoms with E-state index >= 15 is 0 Å². The number of alkyl halides is 1. The predicted molar refractivity (Wildman–Crippen MR) is 135 cm³/mol. The SMILES string of the molecule is COCOc1cccc(CC(N=C(c2ccccc2)c2ccccc2)(C(=O)OCF)C(C)(C)C)c1. The molecule has 1 atom stereocenters. The van der Waals surface area contributed by atoms with Crippen molar-refractivity contribution in [1.29, 1.82) is 0 Å². The fourth-order valence-corrected chi connectivity index (χ4v) is 3.91. The maximum Gasteiger partial charge on any atom is 0.337 e. The standard InChI is InChI=1S/C29H32FNO4/c1-28(2,3)29(27(32)34-20-30,19-22-12-11-17-25(18-22)35-21-33-4)31-26(23-13-7-5-8-14-23)24-15-9-6-10-16-24/h5-18H,19-21H2,1-4H3. The van der Waals surface area contributed by atoms with Gasteiger partial charge in [0.2, 0.25) is 6.86 Å². The van der Waals surface area contributed by atoms with E-state index in [1.807, 2.05) is 106 Å². The van der Waals surface area contributed by atoms with Gasteiger partial charge in [-0.2, -0.15) is 0 Å². The van der Waals surface area contributed by atoms with Gasteiger partial charge in [-0.15, -0.1) is 0 Å². The Bertz CT molecular complexity index is 1080. The molecule has 0 aliphatic heterocycles. The quantitative estimate of drug-likeness (QED) is 0.204. The lowest BCUT2D eigenvalue weighted by Crippen LogP contribution is -2.52. The Kier molecular flexibility index (Phi) is 8.77. The molecule has 3 rings (SSSR count). The van der Waals surface area contributed by atoms with Crippen LogP contribution in [0.3, 0.4) is 0 Å². The van der Waals surface area contributed by atoms with Crippen molar-refractivity contribution in [2.45, 2.75) is 32.7 Å². The van der Waals surface area contributed by atoms with Gasteiger partial charge < -0.3 is 14.2 Å². The fourth-order valence-electron chi connectivity index (χ4n) is 3.91. The summed E-state index contributed by atoms with van der Waals surface area (Å²) >= 11 is 0. The van der Waals surface area contributed by atoms with Gasteiger partial charge in [0, 0.05) is 24.7 Å². The molecular formula is C29H32FNO4. The number of hydrogen-bond acceptors (Lipinski definition) is 5. The van der Waals surface area contributed by atoms with Gasteiger partial charge in [0.25, 0.3) is 0 Å². The minimum absolute atomic E-state index is 0.0993. The molecule has 0 radical (unpaired) electrons. The fraction of sp³-hybridized carbons (Fsp3) is 0.310. The third-order valence-electron chi connectivity index (χ3n) is 5.86. The van der Waals surface area contributed by atoms with Crippen molar-refractivity contribution in [2.24, 2.45) is 10.4 Å². The summed E-state index contributed by atoms with van der Waals surface area (Å²) in [4.78, 5) is 18.7. The summed E-state index contributed by atoms with van der Waals surface area (Å²) in [7, 11) is 1.55. The molecule has 0 spiro atoms. The second kappa shape index (κ2) is 11.8. The van der Waals surface area contributed by atoms with Crippen LogP contribution in [0.4, 0.5) is 4.39 Å². The van der Waals surface area contributed by atoms with Gasteiger partial charge in [-0.1, -0.05) is 93.6 Å². The van der Waals surface area contributed by atoms with E-state index < -0.39 is 23.8 Å². The van der Waals surface area contributed by atoms with Gasteiger partial charge in [0.05, 0.1) is 5.71 Å². The van der Waals surface area contributed by atoms with E-state index in [1.54, 1.807) is 7.11 Å². The molecule has 0 bridgehead atoms. The molecule has 5 nitrogen and oxygen atoms in total. The van der Waals surface area contributed by atoms with Crippen molar-refractivity contribution in [2.75, 3.05) is 20.8 Å². The highest BCUT2D eigenvalue weighted by Crippen LogP contribution is 2.40. The van der Waals surface area contributed by atoms with Crippen LogP contribution in [0, 0.1) is 5.41 Å². The summed E-state index contributed by atoms with van der Waals surface area (Å²) in [5.41, 5.74) is 0.963. The monoisotopic (exact) mass is 477 g/mol. The lowest BCUT2D eigenvalue weighted by Gasteiger charge is -2.40. The highest BCUT2D eigenvalue weighted by molar-refractivity contribution is 6.14. The number of benzene rings is 3. The van der Waals surface area contributed by atoms with Crippen LogP contribution in [0.5, 0.6) is 5.75 Å². The number of carbonyl (C=O) groups excluding carboxylic acids is 1. The smallest absolute Gasteiger partial charge is 0.337 e. The molecule has 0 aromatic heterocycles. The Hall–Kier alpha value is -3.51. The van der Waals surface area contributed by atoms with E-state index in [2.05, 4.69) is 0 Å². The zero-order valence-electron chi connectivity index (χ0n) is 20.7. The molecule has 0 fully saturated rings. The summed E-state index contributed by atoms with van der Waals surface area (Å²) < 4.78 is 29.0. The van der Waals surface area contributed by atoms with Gasteiger partial charge in [-0.05, 0) is 23.1 Å². The number of carbonyl (C=O) groups is 1. The van der Waals surface area contributed by atoms with E-state index in [9.17, 15) is 9.18 Å². The maximum atomic E-state index is 13.6. The Morgan fingerprint density at radius 2 is 1.49 bits per heavy atom. The largest absolute Gasteiger partial charge is 0.468 e. The van der Waals surface area contributed by atoms with Crippen LogP contribution in [0.25, 0.3) is 0 Å². The molecule has 0 saturated heterocycles. The first-order valence-corrected chi connectivity index (χ1v) is 11.5. The Balaban J connectivity index is 2.24. The Labute approximate surface area is 206 Å². The summed E-state index contributed by atoms with van der Waals surface area (Å²) in [5.74, 6) is -0.124. The summed E-state index contributed by atoms with van der Waals surface area (Å²) in [6.07, 6.45) is 0.183. The van der Waals surface area contributed by atoms with Crippen molar-refractivity contribution in [3.8, 4) is 5.75 Å². The van der Waals surface area contributed by atoms with Crippen LogP contribution in [0.15, 0.2) is 89.9 Å². The van der Waals surface area contributed by atoms with Crippen molar-refractivity contribution < 1.29 is 23.4 Å². The summed E-state index contributed by atoms with van der Waals surface area (Å²) in [5, 5.41) is 0. The van der Waals surface area contributed by atoms with Crippen LogP contribution < -0.4 is 4.74 Å². The van der Waals surface area contributed by atoms with Gasteiger partial charge in [-0.25, -0.2) is 9.18 Å². The molecule has 184 valence electrons. The third-order valence-corrected chi connectivity index (χ3v) is 5.86. The van der Waals surface area contributed by atoms with E-state index in [-0.39, 0.29) is 13.2 Å². The van der Waals surface area contributed by atoms with Crippen LogP contribution in [-0.4, -0.2) is 38.0 Å². The van der Waals surface area contributed by atoms with Gasteiger partial charge >= 0.3 is 5.97 Å². The molecule has 3 aromatic rings. The predicted octanol–water partition coefficient (Wildman–Crippen LogP) is 6.00. The average Bonchev–Trinajstić information content (AvgIpc) is 2.86. The maximum absolute atomic E-state index is 13.6. The molecule has 3 aromatic carbocycles. The highest BCUT2D eigenvalue weighted by Gasteiger charge is 2.50. The van der Waals surface area contributed by atoms with Crippen LogP contribution >= 0.6 is 0 Å². The molecule has 0 aliphatic rings. The number of nitrogens with zero attached hydrogens (tertiary/aromatic N) is 1. The average molecular weight is 478 g/mol. The van der Waals surface area contributed by atoms with E-state index in [0.717, 1.165) is 16.7 Å². The topological polar surface area (TPSA) is 57.1 Å². The van der Waals surface area contributed by atoms with E-state index in [4.69, 9.17) is 19.2 Å². The summed E-state index contributed by atoms with van der Waals surface area (Å²) in [6.45, 7) is 4.61. The van der Waals surface area contributed by atoms with Crippen molar-refractivity contribution in [1.82, 2.24) is 0 Å². The molecular weight excluding hydrogens is 445 g/mol. The number of aliphatic imine (C=N–C) groups is 1. The first-order valence-electron chi connectivity index (χ1n) is 11.5. The number of hydrogen-bond donors (Lipinski definition) is 0. The molecule has 0 heterocycles. The number of ether oxygens (including phenoxy) is 3. The third kappa shape index (κ3) is 6.34. The molecule has 35 heavy (non-hydrogen) atoms. The lowest BCUT2D eigenvalue weighted by molar-refractivity contribution is -0.158. The Morgan fingerprint density at radius 1 is 0.886 bits per heavy atom. The van der Waals surface area contributed by atoms with Gasteiger partial charge in [0.15, 0.2) is 12.3 Å². The summed E-state index contributed by atoms with van der Waals surface area (Å²) in [6, 6.07) is 26.7. The molecule has 1 unspecified atom stereocenters. The second-order valence-corrected chi connectivity index (χ2v) is 9.22. The van der Waals surface area contributed by atoms with Crippen LogP contribution in [0.1, 0.15) is 37.5 Å². The minimum atomic E-state index is -1.43. The zero-order valence-corrected chi connectivity index (χ0v) is 20.7. The molecule has 0 aliphatic carbocycles. The number of rotatable bonds is 10. The van der Waals surface area contributed by atoms with Gasteiger partial charge in [0.1, 0.15) is 5.75 Å². The minimum Gasteiger partial charge on any atom is -0.468 e. The van der Waals surface area contributed by atoms with E-state index in [0.29, 0.717) is 11.5 Å². The number of halogens is 1. The highest BCUT2D eigenvalue weighted by atomic mass is 19.1. The number of esters is 1. The first kappa shape index (κ1) is 26.1. The first-order chi connectivity index (χ1) is 16.8. The van der Waals surface area contributed by atoms with Crippen molar-refractivity contribution in [3.05, 3.63) is 102 Å². The Morgan fingerprint density at radius 3 is 2.00 bits per heavy atom. The molecule has 0 amide bonds. The normalized spacial score (nSPS) is 12.9. The van der Waals surface area contributed by atoms with Gasteiger partial charge in [-0.3, -0.25) is 4.99 Å². The molecule has 0 saturated carbocycles. The zero-order chi connectivity index (χ0) is 25.3. The van der Waals surface area contributed by atoms with E-state index in [1.165, 1.54) is 0 Å². The van der Waals surface area contributed by atoms with Crippen LogP contribution in [-0.2, 0) is 20.7 Å². The number of methoxy groups -OCH3 is 1. The lowest BCUT2D eigenvalue weighted by atomic mass is 9.70. The van der Waals surface area contributed by atoms with Crippen LogP contribution in [0.2, 0.25) is 0 Å². The molecule has 6 heteroatoms.